The summed E-state index contributed by atoms with van der Waals surface area (Å²) in [4.78, 5) is 8.68. The Morgan fingerprint density at radius 3 is 2.56 bits per heavy atom. The Hall–Kier alpha value is -2.10. The summed E-state index contributed by atoms with van der Waals surface area (Å²) in [6.45, 7) is 6.40. The average molecular weight is 214 g/mol. The number of rotatable bonds is 3. The summed E-state index contributed by atoms with van der Waals surface area (Å²) in [7, 11) is 0. The Labute approximate surface area is 94.2 Å². The molecule has 82 valence electrons. The van der Waals surface area contributed by atoms with Crippen molar-refractivity contribution in [2.24, 2.45) is 0 Å². The van der Waals surface area contributed by atoms with Crippen molar-refractivity contribution >= 4 is 22.7 Å². The van der Waals surface area contributed by atoms with Gasteiger partial charge in [0.2, 0.25) is 0 Å². The van der Waals surface area contributed by atoms with Crippen molar-refractivity contribution in [1.82, 2.24) is 9.97 Å². The molecule has 0 aliphatic heterocycles. The molecule has 0 amide bonds. The second-order valence-electron chi connectivity index (χ2n) is 3.76. The van der Waals surface area contributed by atoms with Crippen LogP contribution in [0.4, 0.5) is 11.6 Å². The van der Waals surface area contributed by atoms with Crippen molar-refractivity contribution in [2.45, 2.75) is 6.92 Å². The SMILES string of the molecule is C=C(C)CNc1nc2ccccc2nc1N. The van der Waals surface area contributed by atoms with E-state index in [0.717, 1.165) is 16.6 Å². The van der Waals surface area contributed by atoms with Gasteiger partial charge in [-0.2, -0.15) is 0 Å². The molecule has 3 N–H and O–H groups in total. The van der Waals surface area contributed by atoms with Crippen molar-refractivity contribution in [3.63, 3.8) is 0 Å². The molecule has 0 aliphatic carbocycles. The van der Waals surface area contributed by atoms with E-state index in [1.807, 2.05) is 31.2 Å². The highest BCUT2D eigenvalue weighted by molar-refractivity contribution is 5.79. The second-order valence-corrected chi connectivity index (χ2v) is 3.76. The lowest BCUT2D eigenvalue weighted by molar-refractivity contribution is 1.17. The lowest BCUT2D eigenvalue weighted by atomic mass is 10.3. The fraction of sp³-hybridized carbons (Fsp3) is 0.167. The molecule has 0 fully saturated rings. The highest BCUT2D eigenvalue weighted by Gasteiger charge is 2.04. The standard InChI is InChI=1S/C12H14N4/c1-8(2)7-14-12-11(13)15-9-5-3-4-6-10(9)16-12/h3-6H,1,7H2,2H3,(H2,13,15)(H,14,16). The summed E-state index contributed by atoms with van der Waals surface area (Å²) in [5.41, 5.74) is 8.47. The highest BCUT2D eigenvalue weighted by Crippen LogP contribution is 2.18. The summed E-state index contributed by atoms with van der Waals surface area (Å²) in [5.74, 6) is 1.03. The number of anilines is 2. The van der Waals surface area contributed by atoms with E-state index < -0.39 is 0 Å². The summed E-state index contributed by atoms with van der Waals surface area (Å²) in [6.07, 6.45) is 0. The minimum atomic E-state index is 0.417. The largest absolute Gasteiger partial charge is 0.381 e. The molecule has 1 heterocycles. The third-order valence-electron chi connectivity index (χ3n) is 2.16. The van der Waals surface area contributed by atoms with Gasteiger partial charge in [0, 0.05) is 6.54 Å². The van der Waals surface area contributed by atoms with E-state index in [-0.39, 0.29) is 0 Å². The van der Waals surface area contributed by atoms with Crippen molar-refractivity contribution in [2.75, 3.05) is 17.6 Å². The zero-order valence-electron chi connectivity index (χ0n) is 9.20. The number of nitrogens with two attached hydrogens (primary N) is 1. The molecule has 0 saturated heterocycles. The predicted octanol–water partition coefficient (Wildman–Crippen LogP) is 2.20. The molecule has 1 aromatic heterocycles. The first kappa shape index (κ1) is 10.4. The number of aromatic nitrogens is 2. The minimum Gasteiger partial charge on any atom is -0.381 e. The van der Waals surface area contributed by atoms with E-state index in [0.29, 0.717) is 18.2 Å². The molecule has 2 rings (SSSR count). The molecular weight excluding hydrogens is 200 g/mol. The molecule has 16 heavy (non-hydrogen) atoms. The summed E-state index contributed by atoms with van der Waals surface area (Å²) >= 11 is 0. The molecule has 0 radical (unpaired) electrons. The Kier molecular flexibility index (Phi) is 2.72. The molecule has 0 spiro atoms. The van der Waals surface area contributed by atoms with Gasteiger partial charge >= 0.3 is 0 Å². The summed E-state index contributed by atoms with van der Waals surface area (Å²) in [6, 6.07) is 7.64. The van der Waals surface area contributed by atoms with E-state index in [4.69, 9.17) is 5.73 Å². The maximum Gasteiger partial charge on any atom is 0.169 e. The number of benzene rings is 1. The Balaban J connectivity index is 2.38. The van der Waals surface area contributed by atoms with Crippen LogP contribution >= 0.6 is 0 Å². The molecule has 1 aromatic carbocycles. The highest BCUT2D eigenvalue weighted by atomic mass is 15.1. The molecule has 0 unspecified atom stereocenters. The lowest BCUT2D eigenvalue weighted by Gasteiger charge is -2.08. The van der Waals surface area contributed by atoms with Crippen LogP contribution in [0.25, 0.3) is 11.0 Å². The van der Waals surface area contributed by atoms with Gasteiger partial charge in [0.25, 0.3) is 0 Å². The van der Waals surface area contributed by atoms with Gasteiger partial charge in [-0.1, -0.05) is 24.3 Å². The third kappa shape index (κ3) is 2.11. The molecule has 4 heteroatoms. The lowest BCUT2D eigenvalue weighted by Crippen LogP contribution is -2.08. The van der Waals surface area contributed by atoms with Crippen LogP contribution in [0.1, 0.15) is 6.92 Å². The molecule has 0 saturated carbocycles. The first-order valence-corrected chi connectivity index (χ1v) is 5.07. The van der Waals surface area contributed by atoms with Crippen molar-refractivity contribution in [3.05, 3.63) is 36.4 Å². The number of nitrogens with zero attached hydrogens (tertiary/aromatic N) is 2. The number of hydrogen-bond donors (Lipinski definition) is 2. The van der Waals surface area contributed by atoms with E-state index in [2.05, 4.69) is 21.9 Å². The van der Waals surface area contributed by atoms with Gasteiger partial charge in [-0.05, 0) is 19.1 Å². The Morgan fingerprint density at radius 2 is 1.94 bits per heavy atom. The van der Waals surface area contributed by atoms with Crippen LogP contribution in [0, 0.1) is 0 Å². The molecule has 0 atom stereocenters. The molecule has 0 aliphatic rings. The van der Waals surface area contributed by atoms with Crippen LogP contribution in [0.5, 0.6) is 0 Å². The van der Waals surface area contributed by atoms with Gasteiger partial charge in [0.1, 0.15) is 0 Å². The molecule has 4 nitrogen and oxygen atoms in total. The van der Waals surface area contributed by atoms with Crippen LogP contribution in [-0.2, 0) is 0 Å². The van der Waals surface area contributed by atoms with Gasteiger partial charge in [-0.3, -0.25) is 0 Å². The maximum atomic E-state index is 5.81. The first-order valence-electron chi connectivity index (χ1n) is 5.07. The van der Waals surface area contributed by atoms with E-state index in [1.165, 1.54) is 0 Å². The van der Waals surface area contributed by atoms with Crippen LogP contribution < -0.4 is 11.1 Å². The monoisotopic (exact) mass is 214 g/mol. The number of fused-ring (bicyclic) bond motifs is 1. The molecule has 0 bridgehead atoms. The normalized spacial score (nSPS) is 10.3. The number of nitrogens with one attached hydrogen (secondary N) is 1. The number of hydrogen-bond acceptors (Lipinski definition) is 4. The van der Waals surface area contributed by atoms with Crippen molar-refractivity contribution in [1.29, 1.82) is 0 Å². The van der Waals surface area contributed by atoms with Crippen molar-refractivity contribution in [3.8, 4) is 0 Å². The number of nitrogen functional groups attached to an aromatic ring is 1. The van der Waals surface area contributed by atoms with Gasteiger partial charge in [-0.25, -0.2) is 9.97 Å². The summed E-state index contributed by atoms with van der Waals surface area (Å²) < 4.78 is 0. The zero-order valence-corrected chi connectivity index (χ0v) is 9.20. The fourth-order valence-electron chi connectivity index (χ4n) is 1.38. The van der Waals surface area contributed by atoms with E-state index >= 15 is 0 Å². The fourth-order valence-corrected chi connectivity index (χ4v) is 1.38. The Morgan fingerprint density at radius 1 is 1.31 bits per heavy atom. The van der Waals surface area contributed by atoms with Crippen LogP contribution in [0.2, 0.25) is 0 Å². The number of para-hydroxylation sites is 2. The minimum absolute atomic E-state index is 0.417. The molecular formula is C12H14N4. The van der Waals surface area contributed by atoms with E-state index in [9.17, 15) is 0 Å². The maximum absolute atomic E-state index is 5.81. The summed E-state index contributed by atoms with van der Waals surface area (Å²) in [5, 5.41) is 3.11. The van der Waals surface area contributed by atoms with Crippen LogP contribution in [0.3, 0.4) is 0 Å². The predicted molar refractivity (Wildman–Crippen MR) is 67.3 cm³/mol. The quantitative estimate of drug-likeness (QED) is 0.769. The van der Waals surface area contributed by atoms with Gasteiger partial charge in [-0.15, -0.1) is 0 Å². The average Bonchev–Trinajstić information content (AvgIpc) is 2.26. The smallest absolute Gasteiger partial charge is 0.169 e. The van der Waals surface area contributed by atoms with Gasteiger partial charge < -0.3 is 11.1 Å². The molecule has 2 aromatic rings. The zero-order chi connectivity index (χ0) is 11.5. The Bertz CT molecular complexity index is 534. The van der Waals surface area contributed by atoms with E-state index in [1.54, 1.807) is 0 Å². The third-order valence-corrected chi connectivity index (χ3v) is 2.16. The second kappa shape index (κ2) is 4.18. The van der Waals surface area contributed by atoms with Crippen molar-refractivity contribution < 1.29 is 0 Å². The van der Waals surface area contributed by atoms with Gasteiger partial charge in [0.15, 0.2) is 11.6 Å². The van der Waals surface area contributed by atoms with Crippen LogP contribution in [0.15, 0.2) is 36.4 Å². The van der Waals surface area contributed by atoms with Crippen LogP contribution in [-0.4, -0.2) is 16.5 Å². The topological polar surface area (TPSA) is 63.8 Å². The van der Waals surface area contributed by atoms with Gasteiger partial charge in [0.05, 0.1) is 11.0 Å². The first-order chi connectivity index (χ1) is 7.66.